The number of carboxylic acid groups (broad SMARTS) is 1. The molecule has 0 amide bonds. The van der Waals surface area contributed by atoms with Gasteiger partial charge in [-0.05, 0) is 23.8 Å². The van der Waals surface area contributed by atoms with E-state index in [0.717, 1.165) is 0 Å². The summed E-state index contributed by atoms with van der Waals surface area (Å²) in [6, 6.07) is 12.0. The van der Waals surface area contributed by atoms with Gasteiger partial charge in [-0.25, -0.2) is 4.79 Å². The minimum atomic E-state index is -1.06. The zero-order valence-electron chi connectivity index (χ0n) is 13.8. The lowest BCUT2D eigenvalue weighted by Crippen LogP contribution is -2.29. The molecule has 1 N–H and O–H groups in total. The first-order valence-electron chi connectivity index (χ1n) is 7.31. The Morgan fingerprint density at radius 3 is 2.25 bits per heavy atom. The predicted octanol–water partition coefficient (Wildman–Crippen LogP) is 2.79. The lowest BCUT2D eigenvalue weighted by molar-refractivity contribution is -0.145. The number of rotatable bonds is 8. The molecule has 1 atom stereocenters. The van der Waals surface area contributed by atoms with E-state index in [1.54, 1.807) is 49.6 Å². The van der Waals surface area contributed by atoms with Gasteiger partial charge in [0.05, 0.1) is 21.3 Å². The molecule has 2 aromatic rings. The van der Waals surface area contributed by atoms with Gasteiger partial charge in [0, 0.05) is 18.6 Å². The number of ether oxygens (including phenoxy) is 4. The molecule has 2 aromatic carbocycles. The molecule has 0 fully saturated rings. The van der Waals surface area contributed by atoms with Crippen LogP contribution in [0.2, 0.25) is 0 Å². The summed E-state index contributed by atoms with van der Waals surface area (Å²) in [6.07, 6.45) is -0.904. The van der Waals surface area contributed by atoms with Gasteiger partial charge in [0.15, 0.2) is 6.10 Å². The molecule has 0 aromatic heterocycles. The van der Waals surface area contributed by atoms with Crippen LogP contribution in [0.3, 0.4) is 0 Å². The third-order valence-electron chi connectivity index (χ3n) is 3.49. The van der Waals surface area contributed by atoms with E-state index < -0.39 is 12.1 Å². The first-order chi connectivity index (χ1) is 11.6. The summed E-state index contributed by atoms with van der Waals surface area (Å²) < 4.78 is 21.2. The predicted molar refractivity (Wildman–Crippen MR) is 88.3 cm³/mol. The fourth-order valence-corrected chi connectivity index (χ4v) is 2.24. The monoisotopic (exact) mass is 332 g/mol. The fraction of sp³-hybridized carbons (Fsp3) is 0.278. The summed E-state index contributed by atoms with van der Waals surface area (Å²) in [4.78, 5) is 11.6. The Morgan fingerprint density at radius 1 is 0.958 bits per heavy atom. The van der Waals surface area contributed by atoms with Crippen molar-refractivity contribution < 1.29 is 28.8 Å². The largest absolute Gasteiger partial charge is 0.497 e. The van der Waals surface area contributed by atoms with E-state index in [4.69, 9.17) is 18.9 Å². The molecule has 0 bridgehead atoms. The van der Waals surface area contributed by atoms with Crippen LogP contribution < -0.4 is 18.9 Å². The Hall–Kier alpha value is -2.89. The molecule has 6 nitrogen and oxygen atoms in total. The van der Waals surface area contributed by atoms with Crippen LogP contribution in [0, 0.1) is 0 Å². The first-order valence-corrected chi connectivity index (χ1v) is 7.31. The maximum atomic E-state index is 11.6. The van der Waals surface area contributed by atoms with Crippen molar-refractivity contribution in [2.24, 2.45) is 0 Å². The van der Waals surface area contributed by atoms with Gasteiger partial charge >= 0.3 is 5.97 Å². The zero-order chi connectivity index (χ0) is 17.5. The fourth-order valence-electron chi connectivity index (χ4n) is 2.24. The summed E-state index contributed by atoms with van der Waals surface area (Å²) in [6.45, 7) is 0. The van der Waals surface area contributed by atoms with Crippen molar-refractivity contribution in [1.29, 1.82) is 0 Å². The second-order valence-corrected chi connectivity index (χ2v) is 5.01. The third kappa shape index (κ3) is 4.32. The van der Waals surface area contributed by atoms with Gasteiger partial charge in [0.1, 0.15) is 23.0 Å². The quantitative estimate of drug-likeness (QED) is 0.801. The van der Waals surface area contributed by atoms with E-state index in [1.165, 1.54) is 14.2 Å². The molecule has 0 aliphatic heterocycles. The molecule has 0 saturated heterocycles. The average Bonchev–Trinajstić information content (AvgIpc) is 2.61. The molecule has 128 valence electrons. The molecule has 0 heterocycles. The maximum Gasteiger partial charge on any atom is 0.345 e. The Labute approximate surface area is 140 Å². The van der Waals surface area contributed by atoms with Crippen LogP contribution in [0.4, 0.5) is 0 Å². The molecule has 0 aliphatic carbocycles. The second kappa shape index (κ2) is 8.10. The molecular weight excluding hydrogens is 312 g/mol. The molecule has 6 heteroatoms. The van der Waals surface area contributed by atoms with Crippen LogP contribution in [0.25, 0.3) is 0 Å². The van der Waals surface area contributed by atoms with E-state index in [-0.39, 0.29) is 6.42 Å². The van der Waals surface area contributed by atoms with E-state index in [0.29, 0.717) is 28.6 Å². The van der Waals surface area contributed by atoms with E-state index >= 15 is 0 Å². The van der Waals surface area contributed by atoms with Crippen molar-refractivity contribution in [2.75, 3.05) is 21.3 Å². The van der Waals surface area contributed by atoms with E-state index in [2.05, 4.69) is 0 Å². The number of hydrogen-bond acceptors (Lipinski definition) is 5. The lowest BCUT2D eigenvalue weighted by Gasteiger charge is -2.17. The summed E-state index contributed by atoms with van der Waals surface area (Å²) in [7, 11) is 4.62. The lowest BCUT2D eigenvalue weighted by atomic mass is 10.1. The van der Waals surface area contributed by atoms with Gasteiger partial charge in [-0.3, -0.25) is 0 Å². The minimum absolute atomic E-state index is 0.152. The molecule has 24 heavy (non-hydrogen) atoms. The van der Waals surface area contributed by atoms with Gasteiger partial charge < -0.3 is 24.1 Å². The van der Waals surface area contributed by atoms with Crippen LogP contribution in [0.15, 0.2) is 42.5 Å². The minimum Gasteiger partial charge on any atom is -0.497 e. The SMILES string of the molecule is COc1cccc(O[C@H](Cc2ccc(OC)cc2OC)C(=O)O)c1. The Kier molecular flexibility index (Phi) is 5.89. The van der Waals surface area contributed by atoms with Gasteiger partial charge in [-0.2, -0.15) is 0 Å². The topological polar surface area (TPSA) is 74.2 Å². The number of carboxylic acids is 1. The summed E-state index contributed by atoms with van der Waals surface area (Å²) >= 11 is 0. The molecule has 0 radical (unpaired) electrons. The number of hydrogen-bond donors (Lipinski definition) is 1. The number of benzene rings is 2. The van der Waals surface area contributed by atoms with Crippen LogP contribution in [0.1, 0.15) is 5.56 Å². The van der Waals surface area contributed by atoms with Crippen LogP contribution in [-0.2, 0) is 11.2 Å². The second-order valence-electron chi connectivity index (χ2n) is 5.01. The highest BCUT2D eigenvalue weighted by Gasteiger charge is 2.22. The molecule has 0 spiro atoms. The normalized spacial score (nSPS) is 11.5. The van der Waals surface area contributed by atoms with Crippen molar-refractivity contribution in [3.63, 3.8) is 0 Å². The average molecular weight is 332 g/mol. The van der Waals surface area contributed by atoms with E-state index in [1.807, 2.05) is 0 Å². The Bertz CT molecular complexity index is 698. The van der Waals surface area contributed by atoms with E-state index in [9.17, 15) is 9.90 Å². The van der Waals surface area contributed by atoms with Crippen molar-refractivity contribution >= 4 is 5.97 Å². The van der Waals surface area contributed by atoms with Gasteiger partial charge in [-0.1, -0.05) is 12.1 Å². The smallest absolute Gasteiger partial charge is 0.345 e. The number of carbonyl (C=O) groups is 1. The van der Waals surface area contributed by atoms with Crippen LogP contribution >= 0.6 is 0 Å². The Balaban J connectivity index is 2.21. The highest BCUT2D eigenvalue weighted by atomic mass is 16.5. The summed E-state index contributed by atoms with van der Waals surface area (Å²) in [5.41, 5.74) is 0.716. The van der Waals surface area contributed by atoms with Gasteiger partial charge in [0.25, 0.3) is 0 Å². The van der Waals surface area contributed by atoms with Gasteiger partial charge in [0.2, 0.25) is 0 Å². The van der Waals surface area contributed by atoms with Crippen molar-refractivity contribution in [2.45, 2.75) is 12.5 Å². The van der Waals surface area contributed by atoms with Crippen LogP contribution in [-0.4, -0.2) is 38.5 Å². The first kappa shape index (κ1) is 17.5. The molecule has 2 rings (SSSR count). The van der Waals surface area contributed by atoms with Crippen molar-refractivity contribution in [1.82, 2.24) is 0 Å². The molecule has 0 saturated carbocycles. The molecule has 0 unspecified atom stereocenters. The highest BCUT2D eigenvalue weighted by molar-refractivity contribution is 5.73. The number of methoxy groups -OCH3 is 3. The summed E-state index contributed by atoms with van der Waals surface area (Å²) in [5, 5.41) is 9.46. The molecular formula is C18H20O6. The summed E-state index contributed by atoms with van der Waals surface area (Å²) in [5.74, 6) is 1.15. The van der Waals surface area contributed by atoms with Gasteiger partial charge in [-0.15, -0.1) is 0 Å². The number of aliphatic carboxylic acids is 1. The standard InChI is InChI=1S/C18H20O6/c1-21-13-5-4-6-15(10-13)24-17(18(19)20)9-12-7-8-14(22-2)11-16(12)23-3/h4-8,10-11,17H,9H2,1-3H3,(H,19,20)/t17-/m1/s1. The maximum absolute atomic E-state index is 11.6. The van der Waals surface area contributed by atoms with Crippen molar-refractivity contribution in [3.8, 4) is 23.0 Å². The Morgan fingerprint density at radius 2 is 1.62 bits per heavy atom. The molecule has 0 aliphatic rings. The zero-order valence-corrected chi connectivity index (χ0v) is 13.8. The van der Waals surface area contributed by atoms with Crippen LogP contribution in [0.5, 0.6) is 23.0 Å². The third-order valence-corrected chi connectivity index (χ3v) is 3.49. The van der Waals surface area contributed by atoms with Crippen molar-refractivity contribution in [3.05, 3.63) is 48.0 Å². The highest BCUT2D eigenvalue weighted by Crippen LogP contribution is 2.27.